The Kier molecular flexibility index (Phi) is 8.01. The van der Waals surface area contributed by atoms with Crippen LogP contribution in [0.2, 0.25) is 0 Å². The number of aliphatic imine (C=N–C) groups is 1. The Balaban J connectivity index is 1.55. The lowest BCUT2D eigenvalue weighted by molar-refractivity contribution is 0.202. The Hall–Kier alpha value is -5.20. The van der Waals surface area contributed by atoms with Crippen LogP contribution in [0.25, 0.3) is 0 Å². The predicted molar refractivity (Wildman–Crippen MR) is 177 cm³/mol. The molecule has 2 fully saturated rings. The lowest BCUT2D eigenvalue weighted by Gasteiger charge is -2.61. The van der Waals surface area contributed by atoms with Crippen LogP contribution in [-0.4, -0.2) is 77.7 Å². The lowest BCUT2D eigenvalue weighted by atomic mass is 9.53. The van der Waals surface area contributed by atoms with Crippen molar-refractivity contribution in [1.29, 1.82) is 10.5 Å². The summed E-state index contributed by atoms with van der Waals surface area (Å²) in [4.78, 5) is 11.3. The number of anilines is 2. The number of fused-ring (bicyclic) bond motifs is 4. The Morgan fingerprint density at radius 2 is 1.30 bits per heavy atom. The minimum Gasteiger partial charge on any atom is -0.497 e. The second-order valence-electron chi connectivity index (χ2n) is 11.3. The second kappa shape index (κ2) is 12.0. The van der Waals surface area contributed by atoms with E-state index in [-0.39, 0.29) is 26.4 Å². The maximum atomic E-state index is 11.3. The van der Waals surface area contributed by atoms with Gasteiger partial charge in [-0.25, -0.2) is 4.99 Å². The predicted octanol–water partition coefficient (Wildman–Crippen LogP) is 4.83. The number of rotatable bonds is 8. The number of para-hydroxylation sites is 1. The molecule has 0 aromatic heterocycles. The largest absolute Gasteiger partial charge is 0.497 e. The van der Waals surface area contributed by atoms with Gasteiger partial charge in [0.15, 0.2) is 0 Å². The molecule has 6 rings (SSSR count). The van der Waals surface area contributed by atoms with Gasteiger partial charge in [0.1, 0.15) is 57.1 Å². The highest BCUT2D eigenvalue weighted by atomic mass is 32.1. The molecule has 3 atom stereocenters. The molecule has 3 aromatic carbocycles. The van der Waals surface area contributed by atoms with E-state index in [1.54, 1.807) is 41.6 Å². The SMILES string of the molecule is COc1ccc(N2CN=C3N(C2)C(=S)[C@@]2(C#N)CN(c4ccc(OC)cc4OC)C[C@@]3(C#N)[C@@H]2c2ccccc2OC)c(OC)c1. The van der Waals surface area contributed by atoms with E-state index < -0.39 is 16.7 Å². The summed E-state index contributed by atoms with van der Waals surface area (Å²) in [6.07, 6.45) is 0. The van der Waals surface area contributed by atoms with Gasteiger partial charge >= 0.3 is 0 Å². The Bertz CT molecular complexity index is 1800. The first-order valence-electron chi connectivity index (χ1n) is 14.6. The van der Waals surface area contributed by atoms with E-state index >= 15 is 0 Å². The van der Waals surface area contributed by atoms with Crippen molar-refractivity contribution in [2.24, 2.45) is 15.8 Å². The molecule has 3 aromatic rings. The highest BCUT2D eigenvalue weighted by Gasteiger charge is 2.69. The highest BCUT2D eigenvalue weighted by Crippen LogP contribution is 2.60. The first kappa shape index (κ1) is 30.8. The summed E-state index contributed by atoms with van der Waals surface area (Å²) >= 11 is 6.30. The number of amidine groups is 1. The minimum absolute atomic E-state index is 0.201. The summed E-state index contributed by atoms with van der Waals surface area (Å²) in [6.45, 7) is 0.942. The molecule has 0 amide bonds. The van der Waals surface area contributed by atoms with E-state index in [4.69, 9.17) is 40.9 Å². The molecular formula is C34H34N6O5S. The molecule has 12 heteroatoms. The van der Waals surface area contributed by atoms with Crippen LogP contribution in [0.3, 0.4) is 0 Å². The van der Waals surface area contributed by atoms with Crippen molar-refractivity contribution in [3.63, 3.8) is 0 Å². The van der Waals surface area contributed by atoms with Crippen molar-refractivity contribution in [3.8, 4) is 40.9 Å². The average molecular weight is 639 g/mol. The monoisotopic (exact) mass is 638 g/mol. The van der Waals surface area contributed by atoms with Crippen LogP contribution in [0.15, 0.2) is 65.7 Å². The van der Waals surface area contributed by atoms with Crippen LogP contribution in [0.1, 0.15) is 11.5 Å². The van der Waals surface area contributed by atoms with Crippen molar-refractivity contribution in [2.45, 2.75) is 5.92 Å². The molecule has 236 valence electrons. The molecule has 3 heterocycles. The molecule has 3 aliphatic rings. The summed E-state index contributed by atoms with van der Waals surface area (Å²) in [7, 11) is 7.96. The summed E-state index contributed by atoms with van der Waals surface area (Å²) in [5.41, 5.74) is -0.398. The quantitative estimate of drug-likeness (QED) is 0.316. The number of nitrogens with zero attached hydrogens (tertiary/aromatic N) is 6. The molecule has 0 saturated carbocycles. The van der Waals surface area contributed by atoms with E-state index in [1.165, 1.54) is 0 Å². The number of nitriles is 2. The third-order valence-corrected chi connectivity index (χ3v) is 9.74. The smallest absolute Gasteiger partial charge is 0.145 e. The van der Waals surface area contributed by atoms with Gasteiger partial charge in [0.2, 0.25) is 0 Å². The van der Waals surface area contributed by atoms with Gasteiger partial charge in [0, 0.05) is 36.7 Å². The normalized spacial score (nSPS) is 23.4. The molecule has 11 nitrogen and oxygen atoms in total. The van der Waals surface area contributed by atoms with Crippen LogP contribution in [0.5, 0.6) is 28.7 Å². The van der Waals surface area contributed by atoms with Crippen LogP contribution < -0.4 is 33.5 Å². The fraction of sp³-hybridized carbons (Fsp3) is 0.353. The van der Waals surface area contributed by atoms with Crippen LogP contribution >= 0.6 is 12.2 Å². The summed E-state index contributed by atoms with van der Waals surface area (Å²) in [5, 5.41) is 22.6. The zero-order valence-electron chi connectivity index (χ0n) is 26.3. The van der Waals surface area contributed by atoms with E-state index in [0.29, 0.717) is 39.6 Å². The van der Waals surface area contributed by atoms with Crippen molar-refractivity contribution >= 4 is 34.4 Å². The average Bonchev–Trinajstić information content (AvgIpc) is 3.12. The number of hydrogen-bond donors (Lipinski definition) is 0. The standard InChI is InChI=1S/C34H34N6O5S/c1-41-22-10-12-25(28(14-22)44-4)38-18-33(16-35)30(24-8-6-7-9-27(24)43-3)34(17-36,19-38)32(46)40-21-39(20-37-31(33)40)26-13-11-23(42-2)15-29(26)45-5/h6-15,30H,18-21H2,1-5H3/t30-,33-,34-/m0/s1. The Morgan fingerprint density at radius 3 is 1.87 bits per heavy atom. The lowest BCUT2D eigenvalue weighted by Crippen LogP contribution is -2.73. The molecule has 0 N–H and O–H groups in total. The first-order valence-corrected chi connectivity index (χ1v) is 15.0. The molecule has 0 unspecified atom stereocenters. The van der Waals surface area contributed by atoms with Crippen molar-refractivity contribution in [2.75, 3.05) is 71.8 Å². The van der Waals surface area contributed by atoms with Crippen molar-refractivity contribution in [3.05, 3.63) is 66.2 Å². The van der Waals surface area contributed by atoms with Gasteiger partial charge < -0.3 is 38.4 Å². The molecule has 0 aliphatic carbocycles. The topological polar surface area (TPSA) is 116 Å². The number of thiocarbonyl (C=S) groups is 1. The van der Waals surface area contributed by atoms with Crippen LogP contribution in [-0.2, 0) is 0 Å². The second-order valence-corrected chi connectivity index (χ2v) is 11.7. The Labute approximate surface area is 273 Å². The van der Waals surface area contributed by atoms with Gasteiger partial charge in [-0.15, -0.1) is 0 Å². The molecule has 2 saturated heterocycles. The van der Waals surface area contributed by atoms with Crippen molar-refractivity contribution in [1.82, 2.24) is 4.90 Å². The van der Waals surface area contributed by atoms with Gasteiger partial charge in [-0.1, -0.05) is 30.4 Å². The summed E-state index contributed by atoms with van der Waals surface area (Å²) < 4.78 is 28.1. The number of ether oxygens (including phenoxy) is 5. The van der Waals surface area contributed by atoms with E-state index in [0.717, 1.165) is 16.9 Å². The third kappa shape index (κ3) is 4.52. The van der Waals surface area contributed by atoms with E-state index in [2.05, 4.69) is 12.1 Å². The summed E-state index contributed by atoms with van der Waals surface area (Å²) in [5.74, 6) is 2.88. The van der Waals surface area contributed by atoms with Gasteiger partial charge in [-0.2, -0.15) is 10.5 Å². The van der Waals surface area contributed by atoms with Gasteiger partial charge in [0.25, 0.3) is 0 Å². The van der Waals surface area contributed by atoms with Gasteiger partial charge in [-0.05, 0) is 30.3 Å². The zero-order chi connectivity index (χ0) is 32.6. The number of piperidine rings is 2. The molecule has 0 spiro atoms. The molecule has 3 aliphatic heterocycles. The van der Waals surface area contributed by atoms with Crippen LogP contribution in [0, 0.1) is 33.5 Å². The molecule has 0 radical (unpaired) electrons. The molecule has 46 heavy (non-hydrogen) atoms. The molecule has 2 bridgehead atoms. The Morgan fingerprint density at radius 1 is 0.739 bits per heavy atom. The van der Waals surface area contributed by atoms with E-state index in [1.807, 2.05) is 69.3 Å². The number of hydrogen-bond acceptors (Lipinski definition) is 11. The fourth-order valence-corrected chi connectivity index (χ4v) is 7.48. The maximum absolute atomic E-state index is 11.3. The summed E-state index contributed by atoms with van der Waals surface area (Å²) in [6, 6.07) is 23.9. The van der Waals surface area contributed by atoms with Gasteiger partial charge in [0.05, 0.1) is 65.7 Å². The third-order valence-electron chi connectivity index (χ3n) is 9.16. The fourth-order valence-electron chi connectivity index (χ4n) is 7.10. The number of benzene rings is 3. The first-order chi connectivity index (χ1) is 22.3. The highest BCUT2D eigenvalue weighted by molar-refractivity contribution is 7.80. The van der Waals surface area contributed by atoms with Gasteiger partial charge in [-0.3, -0.25) is 0 Å². The molecular weight excluding hydrogens is 604 g/mol. The van der Waals surface area contributed by atoms with E-state index in [9.17, 15) is 10.5 Å². The van der Waals surface area contributed by atoms with Crippen LogP contribution in [0.4, 0.5) is 11.4 Å². The van der Waals surface area contributed by atoms with Crippen molar-refractivity contribution < 1.29 is 23.7 Å². The zero-order valence-corrected chi connectivity index (χ0v) is 27.1. The minimum atomic E-state index is -1.34. The number of methoxy groups -OCH3 is 5. The maximum Gasteiger partial charge on any atom is 0.145 e.